The Hall–Kier alpha value is -1.35. The van der Waals surface area contributed by atoms with Crippen molar-refractivity contribution in [3.05, 3.63) is 29.3 Å². The number of rotatable bonds is 4. The molecule has 0 saturated heterocycles. The summed E-state index contributed by atoms with van der Waals surface area (Å²) >= 11 is 0. The normalized spacial score (nSPS) is 16.4. The van der Waals surface area contributed by atoms with Gasteiger partial charge in [0.1, 0.15) is 0 Å². The minimum atomic E-state index is -3.53. The van der Waals surface area contributed by atoms with Crippen LogP contribution in [0.25, 0.3) is 0 Å². The number of nitrogens with zero attached hydrogens (tertiary/aromatic N) is 1. The van der Waals surface area contributed by atoms with Gasteiger partial charge in [0.05, 0.1) is 11.4 Å². The molecule has 0 aliphatic heterocycles. The number of nitrogens with two attached hydrogens (primary N) is 1. The van der Waals surface area contributed by atoms with Gasteiger partial charge in [0.2, 0.25) is 10.0 Å². The Kier molecular flexibility index (Phi) is 4.72. The average Bonchev–Trinajstić information content (AvgIpc) is 3.27. The molecule has 2 rings (SSSR count). The summed E-state index contributed by atoms with van der Waals surface area (Å²) in [4.78, 5) is 0.268. The van der Waals surface area contributed by atoms with Crippen molar-refractivity contribution < 1.29 is 8.42 Å². The fourth-order valence-electron chi connectivity index (χ4n) is 2.36. The van der Waals surface area contributed by atoms with Crippen molar-refractivity contribution in [3.8, 4) is 11.8 Å². The number of hydrogen-bond acceptors (Lipinski definition) is 3. The lowest BCUT2D eigenvalue weighted by Gasteiger charge is -2.24. The number of hydrogen-bond donors (Lipinski definition) is 1. The van der Waals surface area contributed by atoms with Crippen molar-refractivity contribution in [1.82, 2.24) is 4.31 Å². The smallest absolute Gasteiger partial charge is 0.244 e. The van der Waals surface area contributed by atoms with Gasteiger partial charge in [0.25, 0.3) is 0 Å². The molecule has 0 heterocycles. The topological polar surface area (TPSA) is 63.4 Å². The minimum Gasteiger partial charge on any atom is -0.320 e. The monoisotopic (exact) mass is 306 g/mol. The standard InChI is InChI=1S/C16H22N2O2S/c1-12-6-9-16(15(11-12)5-4-10-17)21(19,20)18(3)13(2)14-7-8-14/h6,9,11,13-14H,7-8,10,17H2,1-3H3. The van der Waals surface area contributed by atoms with Gasteiger partial charge >= 0.3 is 0 Å². The Morgan fingerprint density at radius 3 is 2.67 bits per heavy atom. The van der Waals surface area contributed by atoms with Gasteiger partial charge in [0, 0.05) is 18.7 Å². The van der Waals surface area contributed by atoms with Crippen molar-refractivity contribution in [1.29, 1.82) is 0 Å². The predicted octanol–water partition coefficient (Wildman–Crippen LogP) is 1.72. The second-order valence-electron chi connectivity index (χ2n) is 5.60. The molecule has 1 unspecified atom stereocenters. The van der Waals surface area contributed by atoms with Crippen LogP contribution in [-0.2, 0) is 10.0 Å². The zero-order valence-corrected chi connectivity index (χ0v) is 13.6. The van der Waals surface area contributed by atoms with Crippen LogP contribution in [0.15, 0.2) is 23.1 Å². The van der Waals surface area contributed by atoms with E-state index >= 15 is 0 Å². The van der Waals surface area contributed by atoms with Crippen molar-refractivity contribution in [3.63, 3.8) is 0 Å². The number of sulfonamides is 1. The molecule has 1 aliphatic rings. The molecule has 0 amide bonds. The number of aryl methyl sites for hydroxylation is 1. The quantitative estimate of drug-likeness (QED) is 0.862. The molecule has 1 saturated carbocycles. The molecule has 1 aromatic carbocycles. The molecule has 2 N–H and O–H groups in total. The van der Waals surface area contributed by atoms with Crippen LogP contribution in [0.1, 0.15) is 30.9 Å². The van der Waals surface area contributed by atoms with Crippen LogP contribution in [0.4, 0.5) is 0 Å². The van der Waals surface area contributed by atoms with E-state index in [0.717, 1.165) is 18.4 Å². The van der Waals surface area contributed by atoms with E-state index in [-0.39, 0.29) is 17.5 Å². The van der Waals surface area contributed by atoms with Crippen LogP contribution >= 0.6 is 0 Å². The van der Waals surface area contributed by atoms with Gasteiger partial charge in [-0.05, 0) is 50.3 Å². The Labute approximate surface area is 127 Å². The largest absolute Gasteiger partial charge is 0.320 e. The Morgan fingerprint density at radius 1 is 1.43 bits per heavy atom. The van der Waals surface area contributed by atoms with Crippen LogP contribution < -0.4 is 5.73 Å². The summed E-state index contributed by atoms with van der Waals surface area (Å²) < 4.78 is 27.1. The molecule has 5 heteroatoms. The average molecular weight is 306 g/mol. The Morgan fingerprint density at radius 2 is 2.10 bits per heavy atom. The fourth-order valence-corrected chi connectivity index (χ4v) is 3.91. The third-order valence-corrected chi connectivity index (χ3v) is 6.00. The van der Waals surface area contributed by atoms with Crippen LogP contribution in [0.3, 0.4) is 0 Å². The third kappa shape index (κ3) is 3.46. The minimum absolute atomic E-state index is 0.0200. The van der Waals surface area contributed by atoms with Gasteiger partial charge < -0.3 is 5.73 Å². The Bertz CT molecular complexity index is 682. The highest BCUT2D eigenvalue weighted by molar-refractivity contribution is 7.89. The molecular formula is C16H22N2O2S. The van der Waals surface area contributed by atoms with E-state index in [1.807, 2.05) is 13.8 Å². The van der Waals surface area contributed by atoms with Crippen LogP contribution in [0.5, 0.6) is 0 Å². The summed E-state index contributed by atoms with van der Waals surface area (Å²) in [6, 6.07) is 5.26. The molecule has 4 nitrogen and oxygen atoms in total. The van der Waals surface area contributed by atoms with Crippen LogP contribution in [-0.4, -0.2) is 32.4 Å². The summed E-state index contributed by atoms with van der Waals surface area (Å²) in [5.41, 5.74) is 6.90. The molecule has 1 aromatic rings. The first-order valence-corrected chi connectivity index (χ1v) is 8.59. The zero-order chi connectivity index (χ0) is 15.6. The van der Waals surface area contributed by atoms with Crippen molar-refractivity contribution >= 4 is 10.0 Å². The lowest BCUT2D eigenvalue weighted by molar-refractivity contribution is 0.357. The lowest BCUT2D eigenvalue weighted by Crippen LogP contribution is -2.36. The van der Waals surface area contributed by atoms with Crippen LogP contribution in [0, 0.1) is 24.7 Å². The number of benzene rings is 1. The van der Waals surface area contributed by atoms with E-state index in [1.165, 1.54) is 4.31 Å². The summed E-state index contributed by atoms with van der Waals surface area (Å²) in [5, 5.41) is 0. The molecule has 1 fully saturated rings. The SMILES string of the molecule is Cc1ccc(S(=O)(=O)N(C)C(C)C2CC2)c(C#CCN)c1. The van der Waals surface area contributed by atoms with E-state index in [0.29, 0.717) is 11.5 Å². The first kappa shape index (κ1) is 16.0. The van der Waals surface area contributed by atoms with E-state index in [9.17, 15) is 8.42 Å². The molecule has 0 spiro atoms. The van der Waals surface area contributed by atoms with Crippen molar-refractivity contribution in [2.45, 2.75) is 37.6 Å². The van der Waals surface area contributed by atoms with Gasteiger partial charge in [-0.15, -0.1) is 0 Å². The zero-order valence-electron chi connectivity index (χ0n) is 12.8. The summed E-state index contributed by atoms with van der Waals surface area (Å²) in [7, 11) is -1.88. The molecule has 0 bridgehead atoms. The summed E-state index contributed by atoms with van der Waals surface area (Å²) in [5.74, 6) is 6.10. The molecule has 0 radical (unpaired) electrons. The first-order valence-electron chi connectivity index (χ1n) is 7.15. The first-order chi connectivity index (χ1) is 9.87. The Balaban J connectivity index is 2.43. The molecule has 21 heavy (non-hydrogen) atoms. The molecule has 114 valence electrons. The van der Waals surface area contributed by atoms with Gasteiger partial charge in [-0.1, -0.05) is 17.9 Å². The highest BCUT2D eigenvalue weighted by Crippen LogP contribution is 2.36. The van der Waals surface area contributed by atoms with Gasteiger partial charge in [-0.2, -0.15) is 4.31 Å². The lowest BCUT2D eigenvalue weighted by atomic mass is 10.1. The third-order valence-electron chi connectivity index (χ3n) is 3.99. The fraction of sp³-hybridized carbons (Fsp3) is 0.500. The van der Waals surface area contributed by atoms with Gasteiger partial charge in [-0.25, -0.2) is 8.42 Å². The predicted molar refractivity (Wildman–Crippen MR) is 84.2 cm³/mol. The van der Waals surface area contributed by atoms with Crippen LogP contribution in [0.2, 0.25) is 0 Å². The maximum atomic E-state index is 12.8. The highest BCUT2D eigenvalue weighted by atomic mass is 32.2. The molecule has 1 atom stereocenters. The highest BCUT2D eigenvalue weighted by Gasteiger charge is 2.36. The van der Waals surface area contributed by atoms with Crippen molar-refractivity contribution in [2.75, 3.05) is 13.6 Å². The van der Waals surface area contributed by atoms with E-state index in [2.05, 4.69) is 11.8 Å². The second kappa shape index (κ2) is 6.18. The molecule has 0 aromatic heterocycles. The molecule has 1 aliphatic carbocycles. The molecular weight excluding hydrogens is 284 g/mol. The van der Waals surface area contributed by atoms with E-state index in [1.54, 1.807) is 25.2 Å². The van der Waals surface area contributed by atoms with E-state index in [4.69, 9.17) is 5.73 Å². The second-order valence-corrected chi connectivity index (χ2v) is 7.57. The van der Waals surface area contributed by atoms with Crippen molar-refractivity contribution in [2.24, 2.45) is 11.7 Å². The summed E-state index contributed by atoms with van der Waals surface area (Å²) in [6.07, 6.45) is 2.21. The van der Waals surface area contributed by atoms with Gasteiger partial charge in [-0.3, -0.25) is 0 Å². The maximum absolute atomic E-state index is 12.8. The summed E-state index contributed by atoms with van der Waals surface area (Å²) in [6.45, 7) is 4.09. The van der Waals surface area contributed by atoms with E-state index < -0.39 is 10.0 Å². The maximum Gasteiger partial charge on any atom is 0.244 e. The van der Waals surface area contributed by atoms with Gasteiger partial charge in [0.15, 0.2) is 0 Å².